The number of likely N-dealkylation sites (tertiary alicyclic amines) is 1. The molecular formula is C25H24F2N4O5. The Bertz CT molecular complexity index is 1380. The normalized spacial score (nSPS) is 15.5. The molecule has 1 unspecified atom stereocenters. The van der Waals surface area contributed by atoms with Crippen LogP contribution in [0.15, 0.2) is 58.1 Å². The number of hydrogen-bond acceptors (Lipinski definition) is 6. The number of amides is 1. The lowest BCUT2D eigenvalue weighted by Crippen LogP contribution is -2.49. The lowest BCUT2D eigenvalue weighted by molar-refractivity contribution is -0.149. The molecule has 1 fully saturated rings. The van der Waals surface area contributed by atoms with Crippen LogP contribution in [-0.4, -0.2) is 50.8 Å². The van der Waals surface area contributed by atoms with Gasteiger partial charge in [0.15, 0.2) is 0 Å². The van der Waals surface area contributed by atoms with Gasteiger partial charge in [0.25, 0.3) is 11.5 Å². The molecule has 1 atom stereocenters. The summed E-state index contributed by atoms with van der Waals surface area (Å²) in [5.41, 5.74) is -1.70. The maximum atomic E-state index is 13.5. The number of nitrogens with zero attached hydrogens (tertiary/aromatic N) is 4. The molecule has 1 amide bonds. The average molecular weight is 498 g/mol. The summed E-state index contributed by atoms with van der Waals surface area (Å²) in [6.45, 7) is 2.00. The van der Waals surface area contributed by atoms with Gasteiger partial charge in [-0.1, -0.05) is 12.1 Å². The van der Waals surface area contributed by atoms with E-state index in [2.05, 4.69) is 5.10 Å². The highest BCUT2D eigenvalue weighted by Crippen LogP contribution is 2.19. The molecule has 0 saturated carbocycles. The Kier molecular flexibility index (Phi) is 7.37. The van der Waals surface area contributed by atoms with Gasteiger partial charge in [-0.2, -0.15) is 9.78 Å². The molecule has 1 saturated heterocycles. The van der Waals surface area contributed by atoms with E-state index >= 15 is 0 Å². The Hall–Kier alpha value is -4.15. The number of rotatable bonds is 6. The molecule has 2 heterocycles. The van der Waals surface area contributed by atoms with Gasteiger partial charge in [0.1, 0.15) is 11.6 Å². The molecule has 11 heteroatoms. The van der Waals surface area contributed by atoms with Gasteiger partial charge in [0.05, 0.1) is 24.8 Å². The van der Waals surface area contributed by atoms with Crippen LogP contribution in [-0.2, 0) is 16.1 Å². The Labute approximate surface area is 204 Å². The summed E-state index contributed by atoms with van der Waals surface area (Å²) < 4.78 is 33.6. The van der Waals surface area contributed by atoms with Crippen LogP contribution in [0.4, 0.5) is 8.78 Å². The minimum absolute atomic E-state index is 0.0480. The Morgan fingerprint density at radius 1 is 1.03 bits per heavy atom. The van der Waals surface area contributed by atoms with Gasteiger partial charge in [-0.05, 0) is 61.7 Å². The summed E-state index contributed by atoms with van der Waals surface area (Å²) in [7, 11) is 0. The van der Waals surface area contributed by atoms with Crippen molar-refractivity contribution in [2.24, 2.45) is 5.92 Å². The van der Waals surface area contributed by atoms with Crippen LogP contribution in [0, 0.1) is 17.6 Å². The van der Waals surface area contributed by atoms with Crippen molar-refractivity contribution in [1.29, 1.82) is 0 Å². The highest BCUT2D eigenvalue weighted by Gasteiger charge is 2.32. The van der Waals surface area contributed by atoms with Gasteiger partial charge < -0.3 is 9.64 Å². The van der Waals surface area contributed by atoms with Gasteiger partial charge in [0.2, 0.25) is 5.69 Å². The number of esters is 1. The van der Waals surface area contributed by atoms with Crippen molar-refractivity contribution in [1.82, 2.24) is 19.2 Å². The fourth-order valence-corrected chi connectivity index (χ4v) is 4.08. The molecule has 1 aliphatic heterocycles. The number of carbonyl (C=O) groups excluding carboxylic acids is 2. The summed E-state index contributed by atoms with van der Waals surface area (Å²) in [5, 5.41) is 4.05. The maximum absolute atomic E-state index is 13.5. The SMILES string of the molecule is CCOC(=O)C1CCCN(C(=O)c2nn(-c3ccc(F)cc3)c(=O)n(Cc3ccc(F)cc3)c2=O)C1. The van der Waals surface area contributed by atoms with Gasteiger partial charge in [-0.25, -0.2) is 13.6 Å². The van der Waals surface area contributed by atoms with Crippen LogP contribution in [0.2, 0.25) is 0 Å². The van der Waals surface area contributed by atoms with E-state index in [1.165, 1.54) is 41.3 Å². The smallest absolute Gasteiger partial charge is 0.352 e. The lowest BCUT2D eigenvalue weighted by Gasteiger charge is -2.31. The zero-order chi connectivity index (χ0) is 25.8. The molecule has 0 bridgehead atoms. The molecule has 4 rings (SSSR count). The first-order chi connectivity index (χ1) is 17.3. The van der Waals surface area contributed by atoms with Crippen LogP contribution < -0.4 is 11.2 Å². The Balaban J connectivity index is 1.78. The molecule has 0 radical (unpaired) electrons. The van der Waals surface area contributed by atoms with Crippen LogP contribution in [0.5, 0.6) is 0 Å². The average Bonchev–Trinajstić information content (AvgIpc) is 2.88. The second-order valence-electron chi connectivity index (χ2n) is 8.38. The molecule has 0 N–H and O–H groups in total. The third-order valence-electron chi connectivity index (χ3n) is 5.92. The zero-order valence-corrected chi connectivity index (χ0v) is 19.5. The first-order valence-corrected chi connectivity index (χ1v) is 11.5. The van der Waals surface area contributed by atoms with Crippen LogP contribution in [0.3, 0.4) is 0 Å². The molecule has 2 aromatic carbocycles. The monoisotopic (exact) mass is 498 g/mol. The first kappa shape index (κ1) is 25.0. The standard InChI is InChI=1S/C25H24F2N4O5/c1-2-36-24(34)17-4-3-13-29(15-17)22(32)21-23(33)30(14-16-5-7-18(26)8-6-16)25(35)31(28-21)20-11-9-19(27)10-12-20/h5-12,17H,2-4,13-15H2,1H3. The first-order valence-electron chi connectivity index (χ1n) is 11.5. The Morgan fingerprint density at radius 2 is 1.67 bits per heavy atom. The minimum Gasteiger partial charge on any atom is -0.466 e. The molecule has 0 spiro atoms. The third-order valence-corrected chi connectivity index (χ3v) is 5.92. The van der Waals surface area contributed by atoms with E-state index in [9.17, 15) is 28.0 Å². The topological polar surface area (TPSA) is 104 Å². The maximum Gasteiger partial charge on any atom is 0.352 e. The van der Waals surface area contributed by atoms with E-state index in [4.69, 9.17) is 4.74 Å². The van der Waals surface area contributed by atoms with Crippen molar-refractivity contribution in [2.45, 2.75) is 26.3 Å². The summed E-state index contributed by atoms with van der Waals surface area (Å²) in [5.74, 6) is -2.72. The number of ether oxygens (including phenoxy) is 1. The summed E-state index contributed by atoms with van der Waals surface area (Å²) in [4.78, 5) is 53.5. The van der Waals surface area contributed by atoms with E-state index < -0.39 is 46.4 Å². The number of aromatic nitrogens is 3. The van der Waals surface area contributed by atoms with E-state index in [0.717, 1.165) is 21.4 Å². The van der Waals surface area contributed by atoms with Gasteiger partial charge in [-0.3, -0.25) is 19.0 Å². The highest BCUT2D eigenvalue weighted by molar-refractivity contribution is 5.92. The molecular weight excluding hydrogens is 474 g/mol. The quantitative estimate of drug-likeness (QED) is 0.483. The van der Waals surface area contributed by atoms with Gasteiger partial charge in [0, 0.05) is 13.1 Å². The predicted molar refractivity (Wildman–Crippen MR) is 125 cm³/mol. The second kappa shape index (κ2) is 10.6. The molecule has 3 aromatic rings. The number of carbonyl (C=O) groups is 2. The van der Waals surface area contributed by atoms with Gasteiger partial charge in [-0.15, -0.1) is 0 Å². The lowest BCUT2D eigenvalue weighted by atomic mass is 9.98. The van der Waals surface area contributed by atoms with Gasteiger partial charge >= 0.3 is 11.7 Å². The minimum atomic E-state index is -0.925. The van der Waals surface area contributed by atoms with Crippen LogP contribution in [0.25, 0.3) is 5.69 Å². The summed E-state index contributed by atoms with van der Waals surface area (Å²) in [6.07, 6.45) is 1.07. The fraction of sp³-hybridized carbons (Fsp3) is 0.320. The number of hydrogen-bond donors (Lipinski definition) is 0. The molecule has 36 heavy (non-hydrogen) atoms. The number of piperidine rings is 1. The van der Waals surface area contributed by atoms with E-state index in [1.807, 2.05) is 0 Å². The van der Waals surface area contributed by atoms with Crippen LogP contribution in [0.1, 0.15) is 35.8 Å². The fourth-order valence-electron chi connectivity index (χ4n) is 4.08. The van der Waals surface area contributed by atoms with E-state index in [-0.39, 0.29) is 25.4 Å². The Morgan fingerprint density at radius 3 is 2.31 bits per heavy atom. The predicted octanol–water partition coefficient (Wildman–Crippen LogP) is 2.14. The summed E-state index contributed by atoms with van der Waals surface area (Å²) in [6, 6.07) is 10.0. The summed E-state index contributed by atoms with van der Waals surface area (Å²) >= 11 is 0. The molecule has 1 aliphatic rings. The van der Waals surface area contributed by atoms with Crippen molar-refractivity contribution in [3.63, 3.8) is 0 Å². The molecule has 0 aliphatic carbocycles. The third kappa shape index (κ3) is 5.24. The molecule has 9 nitrogen and oxygen atoms in total. The largest absolute Gasteiger partial charge is 0.466 e. The van der Waals surface area contributed by atoms with Crippen molar-refractivity contribution in [2.75, 3.05) is 19.7 Å². The highest BCUT2D eigenvalue weighted by atomic mass is 19.1. The van der Waals surface area contributed by atoms with Crippen LogP contribution >= 0.6 is 0 Å². The molecule has 188 valence electrons. The van der Waals surface area contributed by atoms with Crippen molar-refractivity contribution in [3.05, 3.63) is 92.3 Å². The van der Waals surface area contributed by atoms with Crippen molar-refractivity contribution < 1.29 is 23.1 Å². The zero-order valence-electron chi connectivity index (χ0n) is 19.5. The molecule has 1 aromatic heterocycles. The van der Waals surface area contributed by atoms with E-state index in [0.29, 0.717) is 24.9 Å². The van der Waals surface area contributed by atoms with Crippen molar-refractivity contribution in [3.8, 4) is 5.69 Å². The second-order valence-corrected chi connectivity index (χ2v) is 8.38. The number of benzene rings is 2. The number of halogens is 2. The van der Waals surface area contributed by atoms with Crippen molar-refractivity contribution >= 4 is 11.9 Å². The van der Waals surface area contributed by atoms with E-state index in [1.54, 1.807) is 6.92 Å².